The van der Waals surface area contributed by atoms with Gasteiger partial charge < -0.3 is 0 Å². The molecule has 0 amide bonds. The third-order valence-corrected chi connectivity index (χ3v) is 5.17. The predicted molar refractivity (Wildman–Crippen MR) is 107 cm³/mol. The fourth-order valence-corrected chi connectivity index (χ4v) is 4.02. The molecule has 0 aliphatic heterocycles. The smallest absolute Gasteiger partial charge is 0.0352 e. The van der Waals surface area contributed by atoms with E-state index in [1.807, 2.05) is 0 Å². The Morgan fingerprint density at radius 1 is 0.560 bits per heavy atom. The lowest BCUT2D eigenvalue weighted by molar-refractivity contribution is 1.07. The molecule has 0 nitrogen and oxygen atoms in total. The maximum Gasteiger partial charge on any atom is 0.0352 e. The van der Waals surface area contributed by atoms with E-state index in [4.69, 9.17) is 0 Å². The number of hydrogen-bond donors (Lipinski definition) is 0. The second-order valence-electron chi connectivity index (χ2n) is 6.60. The molecular weight excluding hydrogens is 300 g/mol. The SMILES string of the molecule is C1=C(c2ccccc2)[C@@H](c2ccccc2)c2ccc3ccccc3c21. The largest absolute Gasteiger partial charge is 0.0622 e. The summed E-state index contributed by atoms with van der Waals surface area (Å²) in [5.74, 6) is 0.295. The summed E-state index contributed by atoms with van der Waals surface area (Å²) in [6.45, 7) is 0. The number of allylic oxidation sites excluding steroid dienone is 1. The van der Waals surface area contributed by atoms with Gasteiger partial charge in [-0.15, -0.1) is 0 Å². The predicted octanol–water partition coefficient (Wildman–Crippen LogP) is 6.53. The molecule has 0 N–H and O–H groups in total. The summed E-state index contributed by atoms with van der Waals surface area (Å²) in [4.78, 5) is 0. The van der Waals surface area contributed by atoms with E-state index >= 15 is 0 Å². The van der Waals surface area contributed by atoms with Gasteiger partial charge in [0.2, 0.25) is 0 Å². The molecule has 0 aromatic heterocycles. The van der Waals surface area contributed by atoms with E-state index < -0.39 is 0 Å². The van der Waals surface area contributed by atoms with E-state index in [1.165, 1.54) is 38.6 Å². The molecule has 1 atom stereocenters. The Labute approximate surface area is 148 Å². The molecule has 0 saturated carbocycles. The van der Waals surface area contributed by atoms with Crippen LogP contribution in [0.3, 0.4) is 0 Å². The van der Waals surface area contributed by atoms with Crippen LogP contribution < -0.4 is 0 Å². The maximum atomic E-state index is 2.39. The van der Waals surface area contributed by atoms with E-state index in [0.717, 1.165) is 0 Å². The number of rotatable bonds is 2. The standard InChI is InChI=1S/C25H18/c1-3-9-18(10-4-1)23-17-24-21-14-8-7-11-19(21)15-16-22(24)25(23)20-12-5-2-6-13-20/h1-17,25H/t25-/m0/s1. The first-order valence-corrected chi connectivity index (χ1v) is 8.75. The summed E-state index contributed by atoms with van der Waals surface area (Å²) in [5.41, 5.74) is 6.82. The average molecular weight is 318 g/mol. The zero-order chi connectivity index (χ0) is 16.6. The van der Waals surface area contributed by atoms with Crippen LogP contribution in [-0.4, -0.2) is 0 Å². The Balaban J connectivity index is 1.80. The van der Waals surface area contributed by atoms with E-state index in [9.17, 15) is 0 Å². The highest BCUT2D eigenvalue weighted by Gasteiger charge is 2.28. The zero-order valence-electron chi connectivity index (χ0n) is 13.9. The fraction of sp³-hybridized carbons (Fsp3) is 0.0400. The molecule has 4 aromatic rings. The fourth-order valence-electron chi connectivity index (χ4n) is 4.02. The molecule has 25 heavy (non-hydrogen) atoms. The molecule has 118 valence electrons. The molecular formula is C25H18. The third-order valence-electron chi connectivity index (χ3n) is 5.17. The second kappa shape index (κ2) is 5.75. The molecule has 4 aromatic carbocycles. The van der Waals surface area contributed by atoms with Crippen molar-refractivity contribution in [2.75, 3.05) is 0 Å². The van der Waals surface area contributed by atoms with Crippen molar-refractivity contribution in [3.63, 3.8) is 0 Å². The van der Waals surface area contributed by atoms with E-state index in [1.54, 1.807) is 0 Å². The van der Waals surface area contributed by atoms with Crippen LogP contribution in [0, 0.1) is 0 Å². The first-order valence-electron chi connectivity index (χ1n) is 8.75. The van der Waals surface area contributed by atoms with Crippen molar-refractivity contribution in [3.8, 4) is 0 Å². The van der Waals surface area contributed by atoms with Crippen molar-refractivity contribution in [1.82, 2.24) is 0 Å². The quantitative estimate of drug-likeness (QED) is 0.394. The van der Waals surface area contributed by atoms with Crippen molar-refractivity contribution < 1.29 is 0 Å². The van der Waals surface area contributed by atoms with Gasteiger partial charge in [-0.2, -0.15) is 0 Å². The summed E-state index contributed by atoms with van der Waals surface area (Å²) in [5, 5.41) is 2.64. The van der Waals surface area contributed by atoms with Crippen molar-refractivity contribution >= 4 is 22.4 Å². The van der Waals surface area contributed by atoms with Crippen molar-refractivity contribution in [2.24, 2.45) is 0 Å². The average Bonchev–Trinajstić information content (AvgIpc) is 3.09. The Hall–Kier alpha value is -3.12. The van der Waals surface area contributed by atoms with Crippen LogP contribution in [0.1, 0.15) is 28.2 Å². The Morgan fingerprint density at radius 2 is 1.24 bits per heavy atom. The van der Waals surface area contributed by atoms with Gasteiger partial charge in [0.05, 0.1) is 0 Å². The van der Waals surface area contributed by atoms with Crippen LogP contribution in [0.4, 0.5) is 0 Å². The zero-order valence-corrected chi connectivity index (χ0v) is 13.9. The number of benzene rings is 4. The van der Waals surface area contributed by atoms with Gasteiger partial charge in [0, 0.05) is 5.92 Å². The minimum atomic E-state index is 0.295. The van der Waals surface area contributed by atoms with Gasteiger partial charge in [-0.1, -0.05) is 97.1 Å². The number of fused-ring (bicyclic) bond motifs is 3. The third kappa shape index (κ3) is 2.30. The molecule has 1 aliphatic rings. The molecule has 5 rings (SSSR count). The van der Waals surface area contributed by atoms with Gasteiger partial charge in [0.15, 0.2) is 0 Å². The lowest BCUT2D eigenvalue weighted by atomic mass is 9.85. The van der Waals surface area contributed by atoms with Gasteiger partial charge in [0.1, 0.15) is 0 Å². The van der Waals surface area contributed by atoms with Crippen molar-refractivity contribution in [3.05, 3.63) is 119 Å². The highest BCUT2D eigenvalue weighted by atomic mass is 14.3. The molecule has 0 bridgehead atoms. The topological polar surface area (TPSA) is 0 Å². The first kappa shape index (κ1) is 14.2. The maximum absolute atomic E-state index is 2.39. The molecule has 0 saturated heterocycles. The van der Waals surface area contributed by atoms with Gasteiger partial charge in [-0.3, -0.25) is 0 Å². The second-order valence-corrected chi connectivity index (χ2v) is 6.60. The minimum absolute atomic E-state index is 0.295. The Kier molecular flexibility index (Phi) is 3.28. The van der Waals surface area contributed by atoms with Gasteiger partial charge >= 0.3 is 0 Å². The summed E-state index contributed by atoms with van der Waals surface area (Å²) >= 11 is 0. The molecule has 0 heteroatoms. The summed E-state index contributed by atoms with van der Waals surface area (Å²) in [6.07, 6.45) is 2.39. The van der Waals surface area contributed by atoms with E-state index in [-0.39, 0.29) is 0 Å². The van der Waals surface area contributed by atoms with Crippen LogP contribution in [0.2, 0.25) is 0 Å². The van der Waals surface area contributed by atoms with Crippen LogP contribution in [0.25, 0.3) is 22.4 Å². The minimum Gasteiger partial charge on any atom is -0.0622 e. The lowest BCUT2D eigenvalue weighted by Crippen LogP contribution is -2.01. The normalized spacial score (nSPS) is 15.8. The van der Waals surface area contributed by atoms with Crippen LogP contribution in [0.5, 0.6) is 0 Å². The summed E-state index contributed by atoms with van der Waals surface area (Å²) in [7, 11) is 0. The van der Waals surface area contributed by atoms with Gasteiger partial charge in [-0.05, 0) is 44.7 Å². The van der Waals surface area contributed by atoms with Gasteiger partial charge in [0.25, 0.3) is 0 Å². The molecule has 0 radical (unpaired) electrons. The highest BCUT2D eigenvalue weighted by molar-refractivity contribution is 6.03. The summed E-state index contributed by atoms with van der Waals surface area (Å²) in [6, 6.07) is 34.9. The molecule has 0 heterocycles. The molecule has 0 spiro atoms. The monoisotopic (exact) mass is 318 g/mol. The summed E-state index contributed by atoms with van der Waals surface area (Å²) < 4.78 is 0. The Bertz CT molecular complexity index is 1070. The van der Waals surface area contributed by atoms with Crippen LogP contribution in [-0.2, 0) is 0 Å². The van der Waals surface area contributed by atoms with Gasteiger partial charge in [-0.25, -0.2) is 0 Å². The molecule has 0 unspecified atom stereocenters. The number of hydrogen-bond acceptors (Lipinski definition) is 0. The lowest BCUT2D eigenvalue weighted by Gasteiger charge is -2.18. The molecule has 0 fully saturated rings. The van der Waals surface area contributed by atoms with Crippen molar-refractivity contribution in [1.29, 1.82) is 0 Å². The molecule has 1 aliphatic carbocycles. The van der Waals surface area contributed by atoms with Crippen LogP contribution >= 0.6 is 0 Å². The van der Waals surface area contributed by atoms with Crippen molar-refractivity contribution in [2.45, 2.75) is 5.92 Å². The van der Waals surface area contributed by atoms with E-state index in [2.05, 4.69) is 103 Å². The first-order chi connectivity index (χ1) is 12.4. The van der Waals surface area contributed by atoms with Crippen LogP contribution in [0.15, 0.2) is 97.1 Å². The van der Waals surface area contributed by atoms with E-state index in [0.29, 0.717) is 5.92 Å². The Morgan fingerprint density at radius 3 is 2.04 bits per heavy atom. The highest BCUT2D eigenvalue weighted by Crippen LogP contribution is 2.47.